The van der Waals surface area contributed by atoms with Crippen LogP contribution in [-0.4, -0.2) is 48.3 Å². The molecular formula is C17H22N2O5. The molecule has 130 valence electrons. The van der Waals surface area contributed by atoms with Crippen molar-refractivity contribution >= 4 is 11.8 Å². The average molecular weight is 334 g/mol. The molecule has 1 fully saturated rings. The van der Waals surface area contributed by atoms with Crippen molar-refractivity contribution in [3.05, 3.63) is 29.3 Å². The summed E-state index contributed by atoms with van der Waals surface area (Å²) in [6.07, 6.45) is 1.48. The molecule has 1 aromatic carbocycles. The van der Waals surface area contributed by atoms with Crippen LogP contribution in [0, 0.1) is 5.92 Å². The Morgan fingerprint density at radius 2 is 2.00 bits per heavy atom. The summed E-state index contributed by atoms with van der Waals surface area (Å²) in [5.74, 6) is 0.168. The molecule has 1 atom stereocenters. The molecule has 7 nitrogen and oxygen atoms in total. The molecular weight excluding hydrogens is 312 g/mol. The minimum Gasteiger partial charge on any atom is -0.491 e. The van der Waals surface area contributed by atoms with Gasteiger partial charge in [-0.1, -0.05) is 0 Å². The van der Waals surface area contributed by atoms with Gasteiger partial charge in [0.2, 0.25) is 5.91 Å². The number of carbonyl (C=O) groups excluding carboxylic acids is 2. The summed E-state index contributed by atoms with van der Waals surface area (Å²) in [6.45, 7) is 4.09. The standard InChI is InChI=1S/C17H22N2O5/c1-11-14-10-13(16(20)18-22)2-3-15(14)24-9-6-19(11)17(21)12-4-7-23-8-5-12/h2-3,10-12,22H,4-9H2,1H3,(H,18,20)/t11-/m1/s1. The van der Waals surface area contributed by atoms with Crippen LogP contribution in [0.15, 0.2) is 18.2 Å². The number of hydrogen-bond acceptors (Lipinski definition) is 5. The van der Waals surface area contributed by atoms with Gasteiger partial charge in [-0.2, -0.15) is 0 Å². The van der Waals surface area contributed by atoms with Crippen LogP contribution >= 0.6 is 0 Å². The van der Waals surface area contributed by atoms with Crippen LogP contribution in [-0.2, 0) is 9.53 Å². The summed E-state index contributed by atoms with van der Waals surface area (Å²) >= 11 is 0. The maximum Gasteiger partial charge on any atom is 0.274 e. The van der Waals surface area contributed by atoms with Gasteiger partial charge < -0.3 is 14.4 Å². The smallest absolute Gasteiger partial charge is 0.274 e. The molecule has 24 heavy (non-hydrogen) atoms. The van der Waals surface area contributed by atoms with Crippen LogP contribution in [0.1, 0.15) is 41.7 Å². The molecule has 3 rings (SSSR count). The minimum atomic E-state index is -0.587. The van der Waals surface area contributed by atoms with E-state index in [1.165, 1.54) is 0 Å². The van der Waals surface area contributed by atoms with E-state index in [0.717, 1.165) is 18.4 Å². The lowest BCUT2D eigenvalue weighted by Crippen LogP contribution is -2.41. The fourth-order valence-electron chi connectivity index (χ4n) is 3.31. The van der Waals surface area contributed by atoms with E-state index in [2.05, 4.69) is 0 Å². The monoisotopic (exact) mass is 334 g/mol. The molecule has 1 aromatic rings. The molecule has 0 aromatic heterocycles. The molecule has 0 bridgehead atoms. The van der Waals surface area contributed by atoms with E-state index in [4.69, 9.17) is 14.7 Å². The zero-order valence-corrected chi connectivity index (χ0v) is 13.7. The topological polar surface area (TPSA) is 88.1 Å². The Labute approximate surface area is 140 Å². The maximum absolute atomic E-state index is 12.9. The van der Waals surface area contributed by atoms with E-state index in [0.29, 0.717) is 37.7 Å². The first-order chi connectivity index (χ1) is 11.6. The van der Waals surface area contributed by atoms with E-state index in [1.807, 2.05) is 11.8 Å². The number of carbonyl (C=O) groups is 2. The highest BCUT2D eigenvalue weighted by Gasteiger charge is 2.32. The molecule has 2 N–H and O–H groups in total. The number of amides is 2. The van der Waals surface area contributed by atoms with Gasteiger partial charge in [-0.25, -0.2) is 5.48 Å². The van der Waals surface area contributed by atoms with E-state index in [9.17, 15) is 9.59 Å². The molecule has 0 saturated carbocycles. The number of hydroxylamine groups is 1. The van der Waals surface area contributed by atoms with Gasteiger partial charge >= 0.3 is 0 Å². The Hall–Kier alpha value is -2.12. The first kappa shape index (κ1) is 16.7. The third-order valence-corrected chi connectivity index (χ3v) is 4.73. The summed E-state index contributed by atoms with van der Waals surface area (Å²) in [4.78, 5) is 26.4. The highest BCUT2D eigenvalue weighted by molar-refractivity contribution is 5.93. The Morgan fingerprint density at radius 3 is 2.71 bits per heavy atom. The molecule has 0 aliphatic carbocycles. The number of benzene rings is 1. The number of ether oxygens (including phenoxy) is 2. The zero-order chi connectivity index (χ0) is 17.1. The summed E-state index contributed by atoms with van der Waals surface area (Å²) in [6, 6.07) is 4.76. The predicted octanol–water partition coefficient (Wildman–Crippen LogP) is 1.51. The Balaban J connectivity index is 1.87. The summed E-state index contributed by atoms with van der Waals surface area (Å²) in [5, 5.41) is 8.82. The third kappa shape index (κ3) is 3.22. The van der Waals surface area contributed by atoms with Crippen molar-refractivity contribution in [3.8, 4) is 5.75 Å². The second-order valence-electron chi connectivity index (χ2n) is 6.14. The van der Waals surface area contributed by atoms with Crippen molar-refractivity contribution < 1.29 is 24.3 Å². The Kier molecular flexibility index (Phi) is 5.01. The summed E-state index contributed by atoms with van der Waals surface area (Å²) < 4.78 is 11.1. The van der Waals surface area contributed by atoms with E-state index < -0.39 is 5.91 Å². The molecule has 1 saturated heterocycles. The van der Waals surface area contributed by atoms with Crippen LogP contribution in [0.25, 0.3) is 0 Å². The van der Waals surface area contributed by atoms with Crippen LogP contribution < -0.4 is 10.2 Å². The maximum atomic E-state index is 12.9. The van der Waals surface area contributed by atoms with Gasteiger partial charge in [-0.05, 0) is 38.0 Å². The van der Waals surface area contributed by atoms with Crippen molar-refractivity contribution in [3.63, 3.8) is 0 Å². The van der Waals surface area contributed by atoms with Gasteiger partial charge in [0.25, 0.3) is 5.91 Å². The minimum absolute atomic E-state index is 0.0216. The molecule has 0 radical (unpaired) electrons. The van der Waals surface area contributed by atoms with Gasteiger partial charge in [0.1, 0.15) is 12.4 Å². The molecule has 0 unspecified atom stereocenters. The number of hydrogen-bond donors (Lipinski definition) is 2. The lowest BCUT2D eigenvalue weighted by atomic mass is 9.96. The third-order valence-electron chi connectivity index (χ3n) is 4.73. The first-order valence-electron chi connectivity index (χ1n) is 8.21. The first-order valence-corrected chi connectivity index (χ1v) is 8.21. The van der Waals surface area contributed by atoms with Crippen LogP contribution in [0.3, 0.4) is 0 Å². The number of nitrogens with zero attached hydrogens (tertiary/aromatic N) is 1. The van der Waals surface area contributed by atoms with Crippen molar-refractivity contribution in [2.24, 2.45) is 5.92 Å². The van der Waals surface area contributed by atoms with E-state index in [1.54, 1.807) is 23.7 Å². The van der Waals surface area contributed by atoms with Gasteiger partial charge in [-0.15, -0.1) is 0 Å². The number of rotatable bonds is 2. The lowest BCUT2D eigenvalue weighted by Gasteiger charge is -2.32. The van der Waals surface area contributed by atoms with Crippen molar-refractivity contribution in [1.29, 1.82) is 0 Å². The van der Waals surface area contributed by atoms with Gasteiger partial charge in [-0.3, -0.25) is 14.8 Å². The molecule has 2 aliphatic heterocycles. The quantitative estimate of drug-likeness (QED) is 0.632. The average Bonchev–Trinajstić information content (AvgIpc) is 2.80. The molecule has 2 aliphatic rings. The lowest BCUT2D eigenvalue weighted by molar-refractivity contribution is -0.140. The van der Waals surface area contributed by atoms with Crippen molar-refractivity contribution in [1.82, 2.24) is 10.4 Å². The fraction of sp³-hybridized carbons (Fsp3) is 0.529. The van der Waals surface area contributed by atoms with Crippen LogP contribution in [0.2, 0.25) is 0 Å². The molecule has 0 spiro atoms. The van der Waals surface area contributed by atoms with Crippen LogP contribution in [0.5, 0.6) is 5.75 Å². The van der Waals surface area contributed by atoms with E-state index in [-0.39, 0.29) is 17.9 Å². The summed E-state index contributed by atoms with van der Waals surface area (Å²) in [5.41, 5.74) is 2.73. The predicted molar refractivity (Wildman–Crippen MR) is 84.9 cm³/mol. The van der Waals surface area contributed by atoms with E-state index >= 15 is 0 Å². The van der Waals surface area contributed by atoms with Crippen LogP contribution in [0.4, 0.5) is 0 Å². The molecule has 2 heterocycles. The molecule has 2 amide bonds. The van der Waals surface area contributed by atoms with Gasteiger partial charge in [0.15, 0.2) is 0 Å². The number of nitrogens with one attached hydrogen (secondary N) is 1. The second-order valence-corrected chi connectivity index (χ2v) is 6.14. The molecule has 7 heteroatoms. The van der Waals surface area contributed by atoms with Gasteiger partial charge in [0.05, 0.1) is 12.6 Å². The zero-order valence-electron chi connectivity index (χ0n) is 13.7. The highest BCUT2D eigenvalue weighted by atomic mass is 16.5. The fourth-order valence-corrected chi connectivity index (χ4v) is 3.31. The normalized spacial score (nSPS) is 21.4. The van der Waals surface area contributed by atoms with Crippen molar-refractivity contribution in [2.45, 2.75) is 25.8 Å². The number of fused-ring (bicyclic) bond motifs is 1. The van der Waals surface area contributed by atoms with Gasteiger partial charge in [0, 0.05) is 30.3 Å². The highest BCUT2D eigenvalue weighted by Crippen LogP contribution is 2.34. The Bertz CT molecular complexity index is 627. The second kappa shape index (κ2) is 7.19. The SMILES string of the molecule is C[C@@H]1c2cc(C(=O)NO)ccc2OCCN1C(=O)C1CCOCC1. The summed E-state index contributed by atoms with van der Waals surface area (Å²) in [7, 11) is 0. The largest absolute Gasteiger partial charge is 0.491 e. The Morgan fingerprint density at radius 1 is 1.25 bits per heavy atom. The van der Waals surface area contributed by atoms with Crippen molar-refractivity contribution in [2.75, 3.05) is 26.4 Å².